The lowest BCUT2D eigenvalue weighted by atomic mass is 9.99. The fraction of sp³-hybridized carbons (Fsp3) is 0.250. The van der Waals surface area contributed by atoms with Gasteiger partial charge in [-0.3, -0.25) is 0 Å². The highest BCUT2D eigenvalue weighted by molar-refractivity contribution is 14.1. The molecule has 0 aromatic heterocycles. The van der Waals surface area contributed by atoms with Crippen LogP contribution in [0.1, 0.15) is 22.1 Å². The zero-order valence-corrected chi connectivity index (χ0v) is 14.8. The maximum atomic E-state index is 13.2. The lowest BCUT2D eigenvalue weighted by Gasteiger charge is -2.18. The van der Waals surface area contributed by atoms with E-state index in [2.05, 4.69) is 22.6 Å². The Morgan fingerprint density at radius 3 is 2.24 bits per heavy atom. The maximum Gasteiger partial charge on any atom is 0.161 e. The highest BCUT2D eigenvalue weighted by atomic mass is 127. The molecule has 0 aliphatic carbocycles. The molecule has 1 atom stereocenters. The molecule has 0 aliphatic heterocycles. The zero-order valence-electron chi connectivity index (χ0n) is 11.9. The molecule has 2 rings (SSSR count). The number of rotatable bonds is 4. The first-order valence-corrected chi connectivity index (χ1v) is 7.81. The third-order valence-corrected chi connectivity index (χ3v) is 4.69. The molecule has 0 fully saturated rings. The van der Waals surface area contributed by atoms with E-state index < -0.39 is 0 Å². The number of methoxy groups -OCH3 is 2. The Bertz CT molecular complexity index is 661. The van der Waals surface area contributed by atoms with Crippen molar-refractivity contribution in [3.8, 4) is 11.5 Å². The molecular formula is C16H15ClFIO2. The quantitative estimate of drug-likeness (QED) is 0.507. The topological polar surface area (TPSA) is 18.5 Å². The van der Waals surface area contributed by atoms with Crippen molar-refractivity contribution in [2.75, 3.05) is 14.2 Å². The molecule has 0 amide bonds. The van der Waals surface area contributed by atoms with Crippen LogP contribution in [0.25, 0.3) is 0 Å². The van der Waals surface area contributed by atoms with Crippen LogP contribution in [0.2, 0.25) is 0 Å². The molecule has 112 valence electrons. The maximum absolute atomic E-state index is 13.2. The molecule has 0 radical (unpaired) electrons. The van der Waals surface area contributed by atoms with Crippen molar-refractivity contribution in [3.63, 3.8) is 0 Å². The average Bonchev–Trinajstić information content (AvgIpc) is 2.46. The summed E-state index contributed by atoms with van der Waals surface area (Å²) in [7, 11) is 3.18. The summed E-state index contributed by atoms with van der Waals surface area (Å²) in [4.78, 5) is 0. The average molecular weight is 421 g/mol. The number of hydrogen-bond donors (Lipinski definition) is 0. The summed E-state index contributed by atoms with van der Waals surface area (Å²) in [6.07, 6.45) is 0. The summed E-state index contributed by atoms with van der Waals surface area (Å²) in [5.74, 6) is 1.02. The second kappa shape index (κ2) is 6.83. The van der Waals surface area contributed by atoms with Gasteiger partial charge in [0.05, 0.1) is 19.6 Å². The van der Waals surface area contributed by atoms with Crippen LogP contribution in [0.15, 0.2) is 30.3 Å². The molecule has 2 aromatic carbocycles. The van der Waals surface area contributed by atoms with E-state index in [0.29, 0.717) is 11.5 Å². The van der Waals surface area contributed by atoms with Gasteiger partial charge in [0, 0.05) is 3.57 Å². The van der Waals surface area contributed by atoms with Crippen molar-refractivity contribution >= 4 is 34.2 Å². The van der Waals surface area contributed by atoms with Crippen LogP contribution in [0.4, 0.5) is 4.39 Å². The van der Waals surface area contributed by atoms with Gasteiger partial charge in [-0.25, -0.2) is 4.39 Å². The monoisotopic (exact) mass is 420 g/mol. The van der Waals surface area contributed by atoms with Gasteiger partial charge in [-0.15, -0.1) is 11.6 Å². The van der Waals surface area contributed by atoms with Gasteiger partial charge in [0.15, 0.2) is 11.5 Å². The van der Waals surface area contributed by atoms with Crippen molar-refractivity contribution in [3.05, 3.63) is 56.4 Å². The minimum atomic E-state index is -0.377. The Kier molecular flexibility index (Phi) is 5.32. The lowest BCUT2D eigenvalue weighted by Crippen LogP contribution is -2.01. The fourth-order valence-corrected chi connectivity index (χ4v) is 3.54. The Morgan fingerprint density at radius 2 is 1.67 bits per heavy atom. The van der Waals surface area contributed by atoms with Crippen LogP contribution in [-0.2, 0) is 0 Å². The van der Waals surface area contributed by atoms with Crippen LogP contribution in [0.3, 0.4) is 0 Å². The normalized spacial score (nSPS) is 12.1. The molecule has 5 heteroatoms. The van der Waals surface area contributed by atoms with E-state index in [4.69, 9.17) is 21.1 Å². The number of hydrogen-bond acceptors (Lipinski definition) is 2. The van der Waals surface area contributed by atoms with E-state index in [1.165, 1.54) is 12.1 Å². The van der Waals surface area contributed by atoms with Crippen molar-refractivity contribution in [2.45, 2.75) is 12.3 Å². The first-order chi connectivity index (χ1) is 9.97. The minimum Gasteiger partial charge on any atom is -0.493 e. The SMILES string of the molecule is COc1cc(C)c(C(Cl)c2ccc(F)cc2I)cc1OC. The Morgan fingerprint density at radius 1 is 1.05 bits per heavy atom. The predicted molar refractivity (Wildman–Crippen MR) is 91.1 cm³/mol. The zero-order chi connectivity index (χ0) is 15.6. The van der Waals surface area contributed by atoms with E-state index in [1.807, 2.05) is 19.1 Å². The summed E-state index contributed by atoms with van der Waals surface area (Å²) >= 11 is 8.69. The van der Waals surface area contributed by atoms with Crippen LogP contribution < -0.4 is 9.47 Å². The van der Waals surface area contributed by atoms with E-state index in [0.717, 1.165) is 20.3 Å². The summed E-state index contributed by atoms with van der Waals surface area (Å²) in [5, 5.41) is -0.377. The smallest absolute Gasteiger partial charge is 0.161 e. The Balaban J connectivity index is 2.50. The van der Waals surface area contributed by atoms with Crippen molar-refractivity contribution in [1.82, 2.24) is 0 Å². The summed E-state index contributed by atoms with van der Waals surface area (Å²) < 4.78 is 24.6. The van der Waals surface area contributed by atoms with Gasteiger partial charge in [0.1, 0.15) is 5.82 Å². The first kappa shape index (κ1) is 16.4. The van der Waals surface area contributed by atoms with Crippen molar-refractivity contribution in [2.24, 2.45) is 0 Å². The van der Waals surface area contributed by atoms with E-state index in [1.54, 1.807) is 20.3 Å². The molecule has 21 heavy (non-hydrogen) atoms. The number of aryl methyl sites for hydroxylation is 1. The van der Waals surface area contributed by atoms with Gasteiger partial charge in [-0.2, -0.15) is 0 Å². The predicted octanol–water partition coefficient (Wildman–Crippen LogP) is 5.08. The molecular weight excluding hydrogens is 406 g/mol. The van der Waals surface area contributed by atoms with Crippen molar-refractivity contribution < 1.29 is 13.9 Å². The minimum absolute atomic E-state index is 0.268. The molecule has 1 unspecified atom stereocenters. The standard InChI is InChI=1S/C16H15ClFIO2/c1-9-6-14(20-2)15(21-3)8-12(9)16(17)11-5-4-10(18)7-13(11)19/h4-8,16H,1-3H3. The van der Waals surface area contributed by atoms with Crippen LogP contribution in [0.5, 0.6) is 11.5 Å². The van der Waals surface area contributed by atoms with Gasteiger partial charge in [-0.1, -0.05) is 6.07 Å². The second-order valence-corrected chi connectivity index (χ2v) is 6.19. The summed E-state index contributed by atoms with van der Waals surface area (Å²) in [5.41, 5.74) is 2.78. The first-order valence-electron chi connectivity index (χ1n) is 6.29. The van der Waals surface area contributed by atoms with Gasteiger partial charge < -0.3 is 9.47 Å². The number of ether oxygens (including phenoxy) is 2. The number of benzene rings is 2. The molecule has 0 saturated carbocycles. The highest BCUT2D eigenvalue weighted by Gasteiger charge is 2.19. The molecule has 0 saturated heterocycles. The lowest BCUT2D eigenvalue weighted by molar-refractivity contribution is 0.354. The number of halogens is 3. The molecule has 0 aliphatic rings. The van der Waals surface area contributed by atoms with E-state index in [-0.39, 0.29) is 11.2 Å². The number of alkyl halides is 1. The fourth-order valence-electron chi connectivity index (χ4n) is 2.14. The third-order valence-electron chi connectivity index (χ3n) is 3.28. The third kappa shape index (κ3) is 3.43. The Labute approximate surface area is 142 Å². The molecule has 0 bridgehead atoms. The molecule has 2 nitrogen and oxygen atoms in total. The molecule has 0 spiro atoms. The highest BCUT2D eigenvalue weighted by Crippen LogP contribution is 2.39. The van der Waals surface area contributed by atoms with E-state index >= 15 is 0 Å². The van der Waals surface area contributed by atoms with Gasteiger partial charge in [0.2, 0.25) is 0 Å². The van der Waals surface area contributed by atoms with Gasteiger partial charge >= 0.3 is 0 Å². The van der Waals surface area contributed by atoms with E-state index in [9.17, 15) is 4.39 Å². The van der Waals surface area contributed by atoms with Crippen LogP contribution >= 0.6 is 34.2 Å². The van der Waals surface area contributed by atoms with Gasteiger partial charge in [-0.05, 0) is 70.5 Å². The van der Waals surface area contributed by atoms with Gasteiger partial charge in [0.25, 0.3) is 0 Å². The van der Waals surface area contributed by atoms with Crippen molar-refractivity contribution in [1.29, 1.82) is 0 Å². The molecule has 0 N–H and O–H groups in total. The molecule has 2 aromatic rings. The Hall–Kier alpha value is -1.01. The summed E-state index contributed by atoms with van der Waals surface area (Å²) in [6, 6.07) is 8.36. The second-order valence-electron chi connectivity index (χ2n) is 4.59. The van der Waals surface area contributed by atoms with Crippen LogP contribution in [-0.4, -0.2) is 14.2 Å². The molecule has 0 heterocycles. The largest absolute Gasteiger partial charge is 0.493 e. The van der Waals surface area contributed by atoms with Crippen LogP contribution in [0, 0.1) is 16.3 Å². The summed E-state index contributed by atoms with van der Waals surface area (Å²) in [6.45, 7) is 1.96.